The van der Waals surface area contributed by atoms with Crippen molar-refractivity contribution in [1.29, 1.82) is 0 Å². The van der Waals surface area contributed by atoms with E-state index < -0.39 is 10.0 Å². The largest absolute Gasteiger partial charge is 0.495 e. The molecule has 3 rings (SSSR count). The zero-order valence-corrected chi connectivity index (χ0v) is 14.2. The van der Waals surface area contributed by atoms with Crippen molar-refractivity contribution < 1.29 is 17.9 Å². The smallest absolute Gasteiger partial charge is 0.265 e. The van der Waals surface area contributed by atoms with E-state index >= 15 is 0 Å². The molecular formula is C15H18N4O4S. The van der Waals surface area contributed by atoms with Crippen molar-refractivity contribution in [3.63, 3.8) is 0 Å². The van der Waals surface area contributed by atoms with Gasteiger partial charge in [-0.05, 0) is 24.6 Å². The average molecular weight is 350 g/mol. The number of carbonyl (C=O) groups excluding carboxylic acids is 1. The number of rotatable bonds is 5. The number of nitrogens with one attached hydrogen (secondary N) is 1. The van der Waals surface area contributed by atoms with Crippen LogP contribution in [0.2, 0.25) is 0 Å². The molecule has 1 aliphatic rings. The summed E-state index contributed by atoms with van der Waals surface area (Å²) in [6.07, 6.45) is 3.94. The Labute approximate surface area is 140 Å². The number of methoxy groups -OCH3 is 1. The maximum Gasteiger partial charge on any atom is 0.265 e. The van der Waals surface area contributed by atoms with E-state index in [9.17, 15) is 13.2 Å². The first kappa shape index (κ1) is 16.3. The van der Waals surface area contributed by atoms with E-state index in [1.54, 1.807) is 30.1 Å². The van der Waals surface area contributed by atoms with Gasteiger partial charge in [0.25, 0.3) is 10.0 Å². The highest BCUT2D eigenvalue weighted by Gasteiger charge is 2.25. The zero-order valence-electron chi connectivity index (χ0n) is 13.4. The molecule has 0 saturated carbocycles. The Bertz CT molecular complexity index is 875. The molecule has 1 aromatic heterocycles. The first-order valence-corrected chi connectivity index (χ1v) is 8.89. The van der Waals surface area contributed by atoms with Gasteiger partial charge in [0.15, 0.2) is 0 Å². The summed E-state index contributed by atoms with van der Waals surface area (Å²) in [5.74, 6) is 0.523. The molecule has 0 aliphatic carbocycles. The third kappa shape index (κ3) is 3.07. The van der Waals surface area contributed by atoms with Crippen molar-refractivity contribution in [3.8, 4) is 5.75 Å². The summed E-state index contributed by atoms with van der Waals surface area (Å²) < 4.78 is 34.0. The third-order valence-electron chi connectivity index (χ3n) is 3.79. The molecule has 2 heterocycles. The minimum atomic E-state index is -3.74. The maximum atomic E-state index is 12.4. The number of carbonyl (C=O) groups is 1. The van der Waals surface area contributed by atoms with Crippen LogP contribution in [0.25, 0.3) is 0 Å². The molecule has 0 spiro atoms. The molecule has 1 aromatic carbocycles. The maximum absolute atomic E-state index is 12.4. The SMILES string of the molecule is COc1ccc(NS(=O)(=O)c2cnn(C)c2)cc1N1CCCC1=O. The topological polar surface area (TPSA) is 93.5 Å². The molecule has 9 heteroatoms. The highest BCUT2D eigenvalue weighted by Crippen LogP contribution is 2.34. The number of nitrogens with zero attached hydrogens (tertiary/aromatic N) is 3. The zero-order chi connectivity index (χ0) is 17.3. The average Bonchev–Trinajstić information content (AvgIpc) is 3.15. The molecule has 1 amide bonds. The number of sulfonamides is 1. The summed E-state index contributed by atoms with van der Waals surface area (Å²) in [5.41, 5.74) is 0.917. The number of amides is 1. The van der Waals surface area contributed by atoms with Crippen LogP contribution in [0.1, 0.15) is 12.8 Å². The van der Waals surface area contributed by atoms with Gasteiger partial charge < -0.3 is 9.64 Å². The number of aryl methyl sites for hydroxylation is 1. The lowest BCUT2D eigenvalue weighted by Gasteiger charge is -2.20. The fraction of sp³-hybridized carbons (Fsp3) is 0.333. The van der Waals surface area contributed by atoms with E-state index in [1.165, 1.54) is 24.2 Å². The van der Waals surface area contributed by atoms with Gasteiger partial charge in [-0.3, -0.25) is 14.2 Å². The number of ether oxygens (including phenoxy) is 1. The van der Waals surface area contributed by atoms with Gasteiger partial charge in [-0.1, -0.05) is 0 Å². The van der Waals surface area contributed by atoms with Gasteiger partial charge >= 0.3 is 0 Å². The summed E-state index contributed by atoms with van der Waals surface area (Å²) in [5, 5.41) is 3.87. The van der Waals surface area contributed by atoms with Crippen molar-refractivity contribution >= 4 is 27.3 Å². The van der Waals surface area contributed by atoms with Crippen LogP contribution in [0, 0.1) is 0 Å². The second-order valence-corrected chi connectivity index (χ2v) is 7.17. The summed E-state index contributed by atoms with van der Waals surface area (Å²) in [6.45, 7) is 0.591. The minimum Gasteiger partial charge on any atom is -0.495 e. The van der Waals surface area contributed by atoms with Crippen LogP contribution in [0.4, 0.5) is 11.4 Å². The van der Waals surface area contributed by atoms with Crippen LogP contribution in [-0.4, -0.2) is 37.8 Å². The summed E-state index contributed by atoms with van der Waals surface area (Å²) in [7, 11) is -0.588. The normalized spacial score (nSPS) is 14.9. The monoisotopic (exact) mass is 350 g/mol. The molecule has 1 fully saturated rings. The molecule has 0 radical (unpaired) electrons. The van der Waals surface area contributed by atoms with Gasteiger partial charge in [0.1, 0.15) is 10.6 Å². The quantitative estimate of drug-likeness (QED) is 0.879. The van der Waals surface area contributed by atoms with E-state index in [2.05, 4.69) is 9.82 Å². The predicted octanol–water partition coefficient (Wildman–Crippen LogP) is 1.36. The van der Waals surface area contributed by atoms with Gasteiger partial charge in [-0.2, -0.15) is 5.10 Å². The fourth-order valence-electron chi connectivity index (χ4n) is 2.62. The number of hydrogen-bond donors (Lipinski definition) is 1. The first-order chi connectivity index (χ1) is 11.4. The van der Waals surface area contributed by atoms with E-state index in [0.29, 0.717) is 30.1 Å². The molecule has 128 valence electrons. The van der Waals surface area contributed by atoms with Crippen LogP contribution >= 0.6 is 0 Å². The molecule has 0 atom stereocenters. The van der Waals surface area contributed by atoms with Crippen LogP contribution in [-0.2, 0) is 21.9 Å². The Morgan fingerprint density at radius 3 is 2.71 bits per heavy atom. The fourth-order valence-corrected chi connectivity index (χ4v) is 3.65. The van der Waals surface area contributed by atoms with Crippen molar-refractivity contribution in [1.82, 2.24) is 9.78 Å². The Hall–Kier alpha value is -2.55. The molecule has 0 unspecified atom stereocenters. The third-order valence-corrected chi connectivity index (χ3v) is 5.12. The standard InChI is InChI=1S/C15H18N4O4S/c1-18-10-12(9-16-18)24(21,22)17-11-5-6-14(23-2)13(8-11)19-7-3-4-15(19)20/h5-6,8-10,17H,3-4,7H2,1-2H3. The molecule has 1 aliphatic heterocycles. The second kappa shape index (κ2) is 6.16. The van der Waals surface area contributed by atoms with Crippen molar-refractivity contribution in [3.05, 3.63) is 30.6 Å². The van der Waals surface area contributed by atoms with E-state index in [1.807, 2.05) is 0 Å². The minimum absolute atomic E-state index is 0.000525. The van der Waals surface area contributed by atoms with Crippen LogP contribution in [0.5, 0.6) is 5.75 Å². The van der Waals surface area contributed by atoms with Crippen LogP contribution < -0.4 is 14.4 Å². The van der Waals surface area contributed by atoms with Crippen LogP contribution in [0.15, 0.2) is 35.5 Å². The van der Waals surface area contributed by atoms with E-state index in [0.717, 1.165) is 6.42 Å². The highest BCUT2D eigenvalue weighted by molar-refractivity contribution is 7.92. The lowest BCUT2D eigenvalue weighted by molar-refractivity contribution is -0.117. The molecule has 2 aromatic rings. The second-order valence-electron chi connectivity index (χ2n) is 5.49. The molecule has 1 N–H and O–H groups in total. The number of benzene rings is 1. The lowest BCUT2D eigenvalue weighted by atomic mass is 10.2. The summed E-state index contributed by atoms with van der Waals surface area (Å²) >= 11 is 0. The number of hydrogen-bond acceptors (Lipinski definition) is 5. The molecule has 8 nitrogen and oxygen atoms in total. The van der Waals surface area contributed by atoms with Crippen molar-refractivity contribution in [2.45, 2.75) is 17.7 Å². The lowest BCUT2D eigenvalue weighted by Crippen LogP contribution is -2.24. The van der Waals surface area contributed by atoms with Crippen molar-refractivity contribution in [2.75, 3.05) is 23.3 Å². The summed E-state index contributed by atoms with van der Waals surface area (Å²) in [6, 6.07) is 4.84. The first-order valence-electron chi connectivity index (χ1n) is 7.40. The van der Waals surface area contributed by atoms with Gasteiger partial charge in [0.2, 0.25) is 5.91 Å². The Kier molecular flexibility index (Phi) is 4.18. The Morgan fingerprint density at radius 2 is 2.12 bits per heavy atom. The number of anilines is 2. The van der Waals surface area contributed by atoms with E-state index in [4.69, 9.17) is 4.74 Å². The number of aromatic nitrogens is 2. The van der Waals surface area contributed by atoms with Crippen molar-refractivity contribution in [2.24, 2.45) is 7.05 Å². The molecule has 1 saturated heterocycles. The van der Waals surface area contributed by atoms with E-state index in [-0.39, 0.29) is 10.8 Å². The van der Waals surface area contributed by atoms with Gasteiger partial charge in [-0.25, -0.2) is 8.42 Å². The van der Waals surface area contributed by atoms with Gasteiger partial charge in [0.05, 0.1) is 24.7 Å². The van der Waals surface area contributed by atoms with Gasteiger partial charge in [0, 0.05) is 26.2 Å². The predicted molar refractivity (Wildman–Crippen MR) is 88.6 cm³/mol. The highest BCUT2D eigenvalue weighted by atomic mass is 32.2. The molecular weight excluding hydrogens is 332 g/mol. The summed E-state index contributed by atoms with van der Waals surface area (Å²) in [4.78, 5) is 13.7. The van der Waals surface area contributed by atoms with Gasteiger partial charge in [-0.15, -0.1) is 0 Å². The van der Waals surface area contributed by atoms with Crippen LogP contribution in [0.3, 0.4) is 0 Å². The Balaban J connectivity index is 1.93. The Morgan fingerprint density at radius 1 is 1.33 bits per heavy atom. The molecule has 24 heavy (non-hydrogen) atoms. The molecule has 0 bridgehead atoms.